The number of benzene rings is 8. The number of hydrogen-bond donors (Lipinski definition) is 0. The third-order valence-electron chi connectivity index (χ3n) is 19.7. The van der Waals surface area contributed by atoms with Crippen molar-refractivity contribution in [2.24, 2.45) is 0 Å². The highest BCUT2D eigenvalue weighted by molar-refractivity contribution is 7.01. The predicted octanol–water partition coefficient (Wildman–Crippen LogP) is 18.2. The monoisotopic (exact) mass is 1010 g/mol. The van der Waals surface area contributed by atoms with Gasteiger partial charge in [0.05, 0.1) is 5.69 Å². The summed E-state index contributed by atoms with van der Waals surface area (Å²) in [6.45, 7) is 28.9. The van der Waals surface area contributed by atoms with Gasteiger partial charge in [0.15, 0.2) is 0 Å². The average molecular weight is 1010 g/mol. The minimum Gasteiger partial charge on any atom is -0.440 e. The quantitative estimate of drug-likeness (QED) is 0.160. The van der Waals surface area contributed by atoms with Gasteiger partial charge in [-0.1, -0.05) is 162 Å². The largest absolute Gasteiger partial charge is 0.440 e. The standard InChI is InChI=1S/C72H74BN3O/c1-67(2,3)47-37-48(68(4,5)6)39-52(38-47)75-60-36-46-22-20-19-21-45(46)35-59(60)73-64-54-43-57-58(72(12)33-31-71(57,11)32-34-72)44-63(54)77-66(64)76(51-27-28-55-56(40-51)70(9,10)30-29-69(55,7)8)62-42-53(41-61(75)65(62)73)74(49-23-15-13-16-24-49)50-25-17-14-18-26-50/h13-28,35-44H,29-34H2,1-12H3. The van der Waals surface area contributed by atoms with Crippen LogP contribution in [0.1, 0.15) is 155 Å². The lowest BCUT2D eigenvalue weighted by Crippen LogP contribution is -2.61. The van der Waals surface area contributed by atoms with Gasteiger partial charge >= 0.3 is 0 Å². The molecule has 0 unspecified atom stereocenters. The van der Waals surface area contributed by atoms with Gasteiger partial charge in [-0.05, 0) is 205 Å². The highest BCUT2D eigenvalue weighted by Gasteiger charge is 2.51. The van der Waals surface area contributed by atoms with Crippen molar-refractivity contribution in [1.82, 2.24) is 0 Å². The maximum atomic E-state index is 7.79. The van der Waals surface area contributed by atoms with Crippen LogP contribution in [0, 0.1) is 0 Å². The highest BCUT2D eigenvalue weighted by atomic mass is 16.4. The first-order valence-corrected chi connectivity index (χ1v) is 28.7. The van der Waals surface area contributed by atoms with Crippen molar-refractivity contribution in [3.05, 3.63) is 191 Å². The summed E-state index contributed by atoms with van der Waals surface area (Å²) in [5, 5.41) is 3.73. The maximum Gasteiger partial charge on any atom is 0.257 e. The van der Waals surface area contributed by atoms with E-state index in [1.807, 2.05) is 0 Å². The van der Waals surface area contributed by atoms with Gasteiger partial charge in [0.1, 0.15) is 5.58 Å². The Morgan fingerprint density at radius 2 is 0.974 bits per heavy atom. The van der Waals surface area contributed by atoms with Gasteiger partial charge in [0.2, 0.25) is 5.88 Å². The first-order chi connectivity index (χ1) is 36.6. The third kappa shape index (κ3) is 7.31. The number of anilines is 9. The zero-order chi connectivity index (χ0) is 53.3. The Kier molecular flexibility index (Phi) is 10.2. The molecule has 4 aliphatic carbocycles. The normalized spacial score (nSPS) is 20.6. The van der Waals surface area contributed by atoms with Gasteiger partial charge in [-0.3, -0.25) is 4.90 Å². The fourth-order valence-electron chi connectivity index (χ4n) is 14.7. The van der Waals surface area contributed by atoms with E-state index in [0.717, 1.165) is 52.7 Å². The van der Waals surface area contributed by atoms with E-state index < -0.39 is 0 Å². The van der Waals surface area contributed by atoms with E-state index in [-0.39, 0.29) is 39.2 Å². The fraction of sp³-hybridized carbons (Fsp3) is 0.333. The minimum atomic E-state index is -0.137. The van der Waals surface area contributed by atoms with Gasteiger partial charge < -0.3 is 14.2 Å². The molecule has 0 atom stereocenters. The number of hydrogen-bond acceptors (Lipinski definition) is 4. The maximum absolute atomic E-state index is 7.79. The number of rotatable bonds is 5. The summed E-state index contributed by atoms with van der Waals surface area (Å²) < 4.78 is 7.79. The van der Waals surface area contributed by atoms with Crippen molar-refractivity contribution in [3.8, 4) is 0 Å². The van der Waals surface area contributed by atoms with Crippen LogP contribution in [0.25, 0.3) is 21.7 Å². The third-order valence-corrected chi connectivity index (χ3v) is 19.7. The van der Waals surface area contributed by atoms with Gasteiger partial charge in [-0.25, -0.2) is 0 Å². The Balaban J connectivity index is 1.16. The molecular formula is C72H74BN3O. The van der Waals surface area contributed by atoms with Gasteiger partial charge in [-0.15, -0.1) is 0 Å². The van der Waals surface area contributed by atoms with Crippen molar-refractivity contribution in [2.45, 2.75) is 154 Å². The summed E-state index contributed by atoms with van der Waals surface area (Å²) in [5.41, 5.74) is 22.8. The molecule has 5 heteroatoms. The lowest BCUT2D eigenvalue weighted by atomic mass is 9.33. The summed E-state index contributed by atoms with van der Waals surface area (Å²) in [6, 6.07) is 61.0. The molecule has 77 heavy (non-hydrogen) atoms. The van der Waals surface area contributed by atoms with Gasteiger partial charge in [0.25, 0.3) is 6.71 Å². The molecular weight excluding hydrogens is 934 g/mol. The first kappa shape index (κ1) is 48.4. The Bertz CT molecular complexity index is 3820. The van der Waals surface area contributed by atoms with Crippen LogP contribution in [0.3, 0.4) is 0 Å². The second kappa shape index (κ2) is 16.3. The topological polar surface area (TPSA) is 22.9 Å². The summed E-state index contributed by atoms with van der Waals surface area (Å²) in [7, 11) is 0. The summed E-state index contributed by atoms with van der Waals surface area (Å²) >= 11 is 0. The molecule has 6 aliphatic rings. The van der Waals surface area contributed by atoms with Crippen LogP contribution in [-0.2, 0) is 32.5 Å². The van der Waals surface area contributed by atoms with Crippen molar-refractivity contribution in [3.63, 3.8) is 0 Å². The molecule has 1 fully saturated rings. The van der Waals surface area contributed by atoms with Crippen LogP contribution in [0.5, 0.6) is 0 Å². The molecule has 2 aliphatic heterocycles. The van der Waals surface area contributed by atoms with E-state index in [1.54, 1.807) is 0 Å². The SMILES string of the molecule is CC(C)(C)c1cc(N2c3cc4ccccc4cc3B3c4c2cc(N(c2ccccc2)c2ccccc2)cc4N(c2ccc4c(c2)C(C)(C)CCC4(C)C)c2oc4cc5c(cc4c23)C2(C)CCC5(C)CC2)cc(C(C)(C)C)c1. The van der Waals surface area contributed by atoms with Crippen molar-refractivity contribution in [2.75, 3.05) is 14.7 Å². The highest BCUT2D eigenvalue weighted by Crippen LogP contribution is 2.58. The van der Waals surface area contributed by atoms with Crippen LogP contribution in [-0.4, -0.2) is 6.71 Å². The Labute approximate surface area is 458 Å². The molecule has 0 spiro atoms. The summed E-state index contributed by atoms with van der Waals surface area (Å²) in [6.07, 6.45) is 7.19. The molecule has 1 aromatic heterocycles. The van der Waals surface area contributed by atoms with Crippen molar-refractivity contribution in [1.29, 1.82) is 0 Å². The van der Waals surface area contributed by atoms with Crippen molar-refractivity contribution < 1.29 is 4.42 Å². The number of para-hydroxylation sites is 2. The van der Waals surface area contributed by atoms with Crippen LogP contribution in [0.15, 0.2) is 162 Å². The second-order valence-electron chi connectivity index (χ2n) is 27.9. The molecule has 8 aromatic carbocycles. The van der Waals surface area contributed by atoms with E-state index in [1.165, 1.54) is 109 Å². The Hall–Kier alpha value is -6.98. The number of nitrogens with zero attached hydrogens (tertiary/aromatic N) is 3. The van der Waals surface area contributed by atoms with E-state index >= 15 is 0 Å². The van der Waals surface area contributed by atoms with E-state index in [2.05, 4.69) is 256 Å². The van der Waals surface area contributed by atoms with E-state index in [4.69, 9.17) is 4.42 Å². The lowest BCUT2D eigenvalue weighted by molar-refractivity contribution is 0.188. The van der Waals surface area contributed by atoms with E-state index in [9.17, 15) is 0 Å². The molecule has 2 bridgehead atoms. The number of fused-ring (bicyclic) bond motifs is 10. The van der Waals surface area contributed by atoms with Crippen LogP contribution < -0.4 is 31.1 Å². The smallest absolute Gasteiger partial charge is 0.257 e. The van der Waals surface area contributed by atoms with E-state index in [0.29, 0.717) is 0 Å². The van der Waals surface area contributed by atoms with Crippen LogP contribution >= 0.6 is 0 Å². The number of furan rings is 1. The molecule has 0 radical (unpaired) electrons. The van der Waals surface area contributed by atoms with Crippen LogP contribution in [0.4, 0.5) is 51.4 Å². The molecule has 15 rings (SSSR count). The Morgan fingerprint density at radius 1 is 0.442 bits per heavy atom. The first-order valence-electron chi connectivity index (χ1n) is 28.7. The molecule has 0 saturated heterocycles. The van der Waals surface area contributed by atoms with Crippen LogP contribution in [0.2, 0.25) is 0 Å². The molecule has 0 N–H and O–H groups in total. The lowest BCUT2D eigenvalue weighted by Gasteiger charge is -2.52. The molecule has 9 aromatic rings. The molecule has 1 saturated carbocycles. The molecule has 0 amide bonds. The van der Waals surface area contributed by atoms with Gasteiger partial charge in [0, 0.05) is 50.7 Å². The fourth-order valence-corrected chi connectivity index (χ4v) is 14.7. The van der Waals surface area contributed by atoms with Crippen molar-refractivity contribution >= 4 is 96.2 Å². The molecule has 4 nitrogen and oxygen atoms in total. The Morgan fingerprint density at radius 3 is 1.56 bits per heavy atom. The zero-order valence-corrected chi connectivity index (χ0v) is 47.6. The second-order valence-corrected chi connectivity index (χ2v) is 27.9. The van der Waals surface area contributed by atoms with Gasteiger partial charge in [-0.2, -0.15) is 0 Å². The predicted molar refractivity (Wildman–Crippen MR) is 328 cm³/mol. The molecule has 386 valence electrons. The zero-order valence-electron chi connectivity index (χ0n) is 47.6. The summed E-state index contributed by atoms with van der Waals surface area (Å²) in [4.78, 5) is 7.68. The summed E-state index contributed by atoms with van der Waals surface area (Å²) in [5.74, 6) is 0.932. The average Bonchev–Trinajstić information content (AvgIpc) is 3.77. The minimum absolute atomic E-state index is 0.00254. The molecule has 3 heterocycles.